The molecular weight excluding hydrogens is 186 g/mol. The van der Waals surface area contributed by atoms with Crippen LogP contribution in [0.1, 0.15) is 26.2 Å². The van der Waals surface area contributed by atoms with Gasteiger partial charge in [-0.1, -0.05) is 0 Å². The van der Waals surface area contributed by atoms with Gasteiger partial charge in [-0.25, -0.2) is 0 Å². The highest BCUT2D eigenvalue weighted by molar-refractivity contribution is 5.75. The molecule has 0 radical (unpaired) electrons. The van der Waals surface area contributed by atoms with Gasteiger partial charge in [-0.3, -0.25) is 9.59 Å². The molecule has 0 saturated carbocycles. The van der Waals surface area contributed by atoms with E-state index in [9.17, 15) is 9.59 Å². The van der Waals surface area contributed by atoms with Gasteiger partial charge in [0, 0.05) is 13.5 Å². The summed E-state index contributed by atoms with van der Waals surface area (Å²) in [4.78, 5) is 21.4. The summed E-state index contributed by atoms with van der Waals surface area (Å²) in [5.74, 6) is -1.13. The van der Waals surface area contributed by atoms with Crippen molar-refractivity contribution < 1.29 is 19.4 Å². The number of carbonyl (C=O) groups excluding carboxylic acids is 1. The van der Waals surface area contributed by atoms with E-state index in [0.717, 1.165) is 12.8 Å². The second kappa shape index (κ2) is 4.95. The smallest absolute Gasteiger partial charge is 0.305 e. The fourth-order valence-corrected chi connectivity index (χ4v) is 1.64. The molecular formula is C9H15NO4. The van der Waals surface area contributed by atoms with E-state index in [1.165, 1.54) is 6.92 Å². The lowest BCUT2D eigenvalue weighted by Crippen LogP contribution is -2.43. The number of amides is 1. The van der Waals surface area contributed by atoms with Crippen LogP contribution >= 0.6 is 0 Å². The van der Waals surface area contributed by atoms with E-state index in [1.54, 1.807) is 0 Å². The molecule has 5 nitrogen and oxygen atoms in total. The predicted octanol–water partition coefficient (Wildman–Crippen LogP) is 0.145. The number of carboxylic acid groups (broad SMARTS) is 1. The zero-order chi connectivity index (χ0) is 10.6. The van der Waals surface area contributed by atoms with Gasteiger partial charge in [0.25, 0.3) is 0 Å². The maximum atomic E-state index is 10.8. The number of carboxylic acids is 1. The van der Waals surface area contributed by atoms with Gasteiger partial charge in [0.1, 0.15) is 0 Å². The number of aliphatic carboxylic acids is 1. The molecule has 1 heterocycles. The van der Waals surface area contributed by atoms with E-state index in [2.05, 4.69) is 5.32 Å². The van der Waals surface area contributed by atoms with Gasteiger partial charge < -0.3 is 15.2 Å². The summed E-state index contributed by atoms with van der Waals surface area (Å²) in [6.07, 6.45) is 1.53. The Labute approximate surface area is 82.4 Å². The summed E-state index contributed by atoms with van der Waals surface area (Å²) in [7, 11) is 0. The molecule has 1 amide bonds. The van der Waals surface area contributed by atoms with Crippen molar-refractivity contribution in [2.24, 2.45) is 0 Å². The monoisotopic (exact) mass is 201 g/mol. The van der Waals surface area contributed by atoms with Crippen LogP contribution in [0.2, 0.25) is 0 Å². The second-order valence-corrected chi connectivity index (χ2v) is 3.46. The Bertz CT molecular complexity index is 207. The number of ether oxygens (including phenoxy) is 1. The zero-order valence-electron chi connectivity index (χ0n) is 8.16. The predicted molar refractivity (Wildman–Crippen MR) is 48.8 cm³/mol. The van der Waals surface area contributed by atoms with E-state index in [1.807, 2.05) is 0 Å². The third-order valence-electron chi connectivity index (χ3n) is 2.20. The van der Waals surface area contributed by atoms with Crippen LogP contribution < -0.4 is 5.32 Å². The first-order valence-electron chi connectivity index (χ1n) is 4.70. The van der Waals surface area contributed by atoms with Gasteiger partial charge in [0.2, 0.25) is 5.91 Å². The van der Waals surface area contributed by atoms with Gasteiger partial charge in [0.15, 0.2) is 0 Å². The first-order chi connectivity index (χ1) is 6.59. The standard InChI is InChI=1S/C9H15NO4/c1-6(11)10-7(5-9(12)13)8-3-2-4-14-8/h7-8H,2-5H2,1H3,(H,10,11)(H,12,13)/t7-,8?/m0/s1. The lowest BCUT2D eigenvalue weighted by atomic mass is 10.0. The summed E-state index contributed by atoms with van der Waals surface area (Å²) in [5.41, 5.74) is 0. The van der Waals surface area contributed by atoms with Crippen LogP contribution in [-0.2, 0) is 14.3 Å². The highest BCUT2D eigenvalue weighted by Crippen LogP contribution is 2.17. The van der Waals surface area contributed by atoms with Crippen LogP contribution in [-0.4, -0.2) is 35.7 Å². The van der Waals surface area contributed by atoms with E-state index in [-0.39, 0.29) is 18.4 Å². The Balaban J connectivity index is 2.50. The maximum Gasteiger partial charge on any atom is 0.305 e. The molecule has 5 heteroatoms. The average Bonchev–Trinajstić information content (AvgIpc) is 2.52. The Kier molecular flexibility index (Phi) is 3.88. The van der Waals surface area contributed by atoms with E-state index in [0.29, 0.717) is 6.61 Å². The Hall–Kier alpha value is -1.10. The molecule has 14 heavy (non-hydrogen) atoms. The van der Waals surface area contributed by atoms with Gasteiger partial charge in [0.05, 0.1) is 18.6 Å². The molecule has 1 rings (SSSR count). The highest BCUT2D eigenvalue weighted by Gasteiger charge is 2.28. The summed E-state index contributed by atoms with van der Waals surface area (Å²) < 4.78 is 5.34. The van der Waals surface area contributed by atoms with Crippen LogP contribution in [0.25, 0.3) is 0 Å². The molecule has 0 bridgehead atoms. The van der Waals surface area contributed by atoms with Gasteiger partial charge in [-0.2, -0.15) is 0 Å². The first kappa shape index (κ1) is 11.0. The number of hydrogen-bond acceptors (Lipinski definition) is 3. The molecule has 0 aliphatic carbocycles. The fourth-order valence-electron chi connectivity index (χ4n) is 1.64. The summed E-state index contributed by atoms with van der Waals surface area (Å²) in [5, 5.41) is 11.3. The van der Waals surface area contributed by atoms with Gasteiger partial charge >= 0.3 is 5.97 Å². The van der Waals surface area contributed by atoms with Crippen molar-refractivity contribution in [3.63, 3.8) is 0 Å². The topological polar surface area (TPSA) is 75.6 Å². The molecule has 0 aromatic heterocycles. The van der Waals surface area contributed by atoms with Crippen molar-refractivity contribution in [3.8, 4) is 0 Å². The fraction of sp³-hybridized carbons (Fsp3) is 0.778. The summed E-state index contributed by atoms with van der Waals surface area (Å²) in [6.45, 7) is 2.03. The van der Waals surface area contributed by atoms with Crippen LogP contribution in [0.3, 0.4) is 0 Å². The minimum absolute atomic E-state index is 0.0791. The molecule has 0 aromatic rings. The van der Waals surface area contributed by atoms with E-state index < -0.39 is 12.0 Å². The molecule has 1 fully saturated rings. The number of rotatable bonds is 4. The minimum atomic E-state index is -0.917. The van der Waals surface area contributed by atoms with Crippen LogP contribution in [0.15, 0.2) is 0 Å². The second-order valence-electron chi connectivity index (χ2n) is 3.46. The Morgan fingerprint density at radius 1 is 1.64 bits per heavy atom. The Morgan fingerprint density at radius 2 is 2.36 bits per heavy atom. The molecule has 1 unspecified atom stereocenters. The van der Waals surface area contributed by atoms with Crippen molar-refractivity contribution in [3.05, 3.63) is 0 Å². The Morgan fingerprint density at radius 3 is 2.79 bits per heavy atom. The van der Waals surface area contributed by atoms with Crippen molar-refractivity contribution in [2.75, 3.05) is 6.61 Å². The maximum absolute atomic E-state index is 10.8. The van der Waals surface area contributed by atoms with Gasteiger partial charge in [-0.15, -0.1) is 0 Å². The zero-order valence-corrected chi connectivity index (χ0v) is 8.16. The van der Waals surface area contributed by atoms with Crippen molar-refractivity contribution >= 4 is 11.9 Å². The largest absolute Gasteiger partial charge is 0.481 e. The molecule has 1 aliphatic rings. The van der Waals surface area contributed by atoms with Crippen LogP contribution in [0.4, 0.5) is 0 Å². The molecule has 0 aromatic carbocycles. The molecule has 2 N–H and O–H groups in total. The van der Waals surface area contributed by atoms with Crippen molar-refractivity contribution in [1.82, 2.24) is 5.32 Å². The molecule has 80 valence electrons. The minimum Gasteiger partial charge on any atom is -0.481 e. The lowest BCUT2D eigenvalue weighted by Gasteiger charge is -2.21. The summed E-state index contributed by atoms with van der Waals surface area (Å²) in [6, 6.07) is -0.396. The SMILES string of the molecule is CC(=O)N[C@@H](CC(=O)O)C1CCCO1. The number of hydrogen-bond donors (Lipinski definition) is 2. The number of nitrogens with one attached hydrogen (secondary N) is 1. The third-order valence-corrected chi connectivity index (χ3v) is 2.20. The highest BCUT2D eigenvalue weighted by atomic mass is 16.5. The first-order valence-corrected chi connectivity index (χ1v) is 4.70. The van der Waals surface area contributed by atoms with Crippen molar-refractivity contribution in [1.29, 1.82) is 0 Å². The van der Waals surface area contributed by atoms with E-state index >= 15 is 0 Å². The quantitative estimate of drug-likeness (QED) is 0.678. The third kappa shape index (κ3) is 3.33. The molecule has 1 aliphatic heterocycles. The number of carbonyl (C=O) groups is 2. The lowest BCUT2D eigenvalue weighted by molar-refractivity contribution is -0.138. The normalized spacial score (nSPS) is 23.1. The van der Waals surface area contributed by atoms with Crippen LogP contribution in [0, 0.1) is 0 Å². The molecule has 1 saturated heterocycles. The van der Waals surface area contributed by atoms with Crippen LogP contribution in [0.5, 0.6) is 0 Å². The summed E-state index contributed by atoms with van der Waals surface area (Å²) >= 11 is 0. The molecule has 0 spiro atoms. The van der Waals surface area contributed by atoms with E-state index in [4.69, 9.17) is 9.84 Å². The molecule has 2 atom stereocenters. The average molecular weight is 201 g/mol. The van der Waals surface area contributed by atoms with Crippen molar-refractivity contribution in [2.45, 2.75) is 38.3 Å². The van der Waals surface area contributed by atoms with Gasteiger partial charge in [-0.05, 0) is 12.8 Å².